The van der Waals surface area contributed by atoms with Crippen molar-refractivity contribution in [3.8, 4) is 0 Å². The molecule has 88 valence electrons. The van der Waals surface area contributed by atoms with Gasteiger partial charge in [0.2, 0.25) is 0 Å². The lowest BCUT2D eigenvalue weighted by Crippen LogP contribution is -2.66. The van der Waals surface area contributed by atoms with E-state index in [9.17, 15) is 9.90 Å². The zero-order valence-corrected chi connectivity index (χ0v) is 10.9. The molecular formula is C11H22NO2S+. The Hall–Kier alpha value is -0.220. The van der Waals surface area contributed by atoms with E-state index in [-0.39, 0.29) is 10.0 Å². The van der Waals surface area contributed by atoms with E-state index in [4.69, 9.17) is 0 Å². The van der Waals surface area contributed by atoms with Gasteiger partial charge in [-0.05, 0) is 27.0 Å². The first kappa shape index (κ1) is 12.8. The summed E-state index contributed by atoms with van der Waals surface area (Å²) in [5, 5.41) is 10.1. The molecule has 0 saturated carbocycles. The summed E-state index contributed by atoms with van der Waals surface area (Å²) >= 11 is 1.87. The second-order valence-electron chi connectivity index (χ2n) is 5.30. The number of piperidine rings is 1. The fraction of sp³-hybridized carbons (Fsp3) is 0.909. The highest BCUT2D eigenvalue weighted by atomic mass is 32.2. The first-order valence-corrected chi connectivity index (χ1v) is 6.76. The number of hydrogen-bond donors (Lipinski definition) is 1. The van der Waals surface area contributed by atoms with Crippen LogP contribution < -0.4 is 0 Å². The molecule has 1 heterocycles. The fourth-order valence-corrected chi connectivity index (χ4v) is 3.05. The topological polar surface area (TPSA) is 37.3 Å². The van der Waals surface area contributed by atoms with E-state index in [0.717, 1.165) is 25.9 Å². The summed E-state index contributed by atoms with van der Waals surface area (Å²) in [5.74, 6) is 0. The molecule has 1 N–H and O–H groups in total. The molecule has 0 aromatic carbocycles. The average molecular weight is 232 g/mol. The Morgan fingerprint density at radius 3 is 2.07 bits per heavy atom. The van der Waals surface area contributed by atoms with Gasteiger partial charge in [-0.3, -0.25) is 0 Å². The number of hydrogen-bond acceptors (Lipinski definition) is 2. The van der Waals surface area contributed by atoms with Gasteiger partial charge in [0.25, 0.3) is 0 Å². The minimum atomic E-state index is -0.665. The molecule has 0 spiro atoms. The van der Waals surface area contributed by atoms with Crippen LogP contribution in [-0.4, -0.2) is 45.8 Å². The maximum Gasteiger partial charge on any atom is 0.513 e. The molecule has 0 atom stereocenters. The van der Waals surface area contributed by atoms with Crippen LogP contribution in [0.4, 0.5) is 4.79 Å². The van der Waals surface area contributed by atoms with Gasteiger partial charge in [0.05, 0.1) is 13.1 Å². The SMILES string of the molecule is CSC1CC[N+](C(=O)O)(C(C)(C)C)CC1. The van der Waals surface area contributed by atoms with Crippen molar-refractivity contribution in [1.82, 2.24) is 0 Å². The van der Waals surface area contributed by atoms with Crippen LogP contribution in [0.5, 0.6) is 0 Å². The van der Waals surface area contributed by atoms with Crippen molar-refractivity contribution in [1.29, 1.82) is 0 Å². The first-order valence-electron chi connectivity index (χ1n) is 5.47. The molecule has 0 aromatic heterocycles. The highest BCUT2D eigenvalue weighted by molar-refractivity contribution is 7.99. The van der Waals surface area contributed by atoms with Crippen LogP contribution in [-0.2, 0) is 0 Å². The molecule has 0 bridgehead atoms. The predicted molar refractivity (Wildman–Crippen MR) is 64.3 cm³/mol. The third-order valence-electron chi connectivity index (χ3n) is 3.65. The van der Waals surface area contributed by atoms with E-state index >= 15 is 0 Å². The van der Waals surface area contributed by atoms with Gasteiger partial charge < -0.3 is 5.11 Å². The predicted octanol–water partition coefficient (Wildman–Crippen LogP) is 2.81. The Bertz CT molecular complexity index is 239. The third kappa shape index (κ3) is 2.31. The second kappa shape index (κ2) is 4.34. The highest BCUT2D eigenvalue weighted by Crippen LogP contribution is 2.33. The monoisotopic (exact) mass is 232 g/mol. The summed E-state index contributed by atoms with van der Waals surface area (Å²) in [5.41, 5.74) is -0.199. The molecule has 0 radical (unpaired) electrons. The normalized spacial score (nSPS) is 32.7. The third-order valence-corrected chi connectivity index (χ3v) is 4.79. The maximum absolute atomic E-state index is 11.5. The van der Waals surface area contributed by atoms with E-state index in [0.29, 0.717) is 5.25 Å². The van der Waals surface area contributed by atoms with Crippen LogP contribution in [0.2, 0.25) is 0 Å². The summed E-state index contributed by atoms with van der Waals surface area (Å²) in [4.78, 5) is 11.5. The number of quaternary nitrogens is 1. The van der Waals surface area contributed by atoms with Crippen molar-refractivity contribution in [2.24, 2.45) is 0 Å². The quantitative estimate of drug-likeness (QED) is 0.706. The molecule has 0 aromatic rings. The Morgan fingerprint density at radius 1 is 1.33 bits per heavy atom. The summed E-state index contributed by atoms with van der Waals surface area (Å²) in [7, 11) is 0. The number of nitrogens with zero attached hydrogens (tertiary/aromatic N) is 1. The molecule has 1 saturated heterocycles. The van der Waals surface area contributed by atoms with Crippen LogP contribution in [0.25, 0.3) is 0 Å². The lowest BCUT2D eigenvalue weighted by atomic mass is 9.96. The summed E-state index contributed by atoms with van der Waals surface area (Å²) in [6.07, 6.45) is 3.49. The molecule has 1 aliphatic heterocycles. The van der Waals surface area contributed by atoms with Gasteiger partial charge in [-0.15, -0.1) is 0 Å². The van der Waals surface area contributed by atoms with Crippen molar-refractivity contribution in [2.75, 3.05) is 19.3 Å². The Balaban J connectivity index is 2.84. The molecular weight excluding hydrogens is 210 g/mol. The van der Waals surface area contributed by atoms with E-state index in [1.165, 1.54) is 0 Å². The molecule has 3 nitrogen and oxygen atoms in total. The molecule has 4 heteroatoms. The number of likely N-dealkylation sites (tertiary alicyclic amines) is 1. The van der Waals surface area contributed by atoms with Crippen molar-refractivity contribution in [3.05, 3.63) is 0 Å². The van der Waals surface area contributed by atoms with Crippen LogP contribution in [0.3, 0.4) is 0 Å². The van der Waals surface area contributed by atoms with Gasteiger partial charge in [-0.1, -0.05) is 0 Å². The number of rotatable bonds is 1. The zero-order chi connectivity index (χ0) is 11.7. The zero-order valence-electron chi connectivity index (χ0n) is 10.1. The van der Waals surface area contributed by atoms with Gasteiger partial charge in [0.15, 0.2) is 0 Å². The minimum absolute atomic E-state index is 0.199. The van der Waals surface area contributed by atoms with Crippen LogP contribution in [0, 0.1) is 0 Å². The smallest absolute Gasteiger partial charge is 0.435 e. The molecule has 1 aliphatic rings. The van der Waals surface area contributed by atoms with E-state index in [1.807, 2.05) is 32.5 Å². The van der Waals surface area contributed by atoms with Crippen molar-refractivity contribution < 1.29 is 14.4 Å². The first-order chi connectivity index (χ1) is 6.83. The van der Waals surface area contributed by atoms with E-state index < -0.39 is 6.09 Å². The van der Waals surface area contributed by atoms with Gasteiger partial charge >= 0.3 is 6.09 Å². The second-order valence-corrected chi connectivity index (χ2v) is 6.44. The number of amides is 1. The Morgan fingerprint density at radius 2 is 1.80 bits per heavy atom. The largest absolute Gasteiger partial charge is 0.513 e. The lowest BCUT2D eigenvalue weighted by molar-refractivity contribution is -0.907. The van der Waals surface area contributed by atoms with E-state index in [1.54, 1.807) is 0 Å². The fourth-order valence-electron chi connectivity index (χ4n) is 2.37. The minimum Gasteiger partial charge on any atom is -0.435 e. The Kier molecular flexibility index (Phi) is 3.71. The van der Waals surface area contributed by atoms with Crippen LogP contribution >= 0.6 is 11.8 Å². The molecule has 0 unspecified atom stereocenters. The number of carbonyl (C=O) groups is 1. The molecule has 15 heavy (non-hydrogen) atoms. The Labute approximate surface area is 96.4 Å². The summed E-state index contributed by atoms with van der Waals surface area (Å²) in [6, 6.07) is 0. The van der Waals surface area contributed by atoms with Crippen LogP contribution in [0.1, 0.15) is 33.6 Å². The maximum atomic E-state index is 11.5. The van der Waals surface area contributed by atoms with Gasteiger partial charge in [0, 0.05) is 18.1 Å². The molecule has 0 aliphatic carbocycles. The van der Waals surface area contributed by atoms with E-state index in [2.05, 4.69) is 6.26 Å². The standard InChI is InChI=1S/C11H21NO2S/c1-11(2,3)12(10(13)14)7-5-9(15-4)6-8-12/h9H,5-8H2,1-4H3/p+1. The van der Waals surface area contributed by atoms with Gasteiger partial charge in [0.1, 0.15) is 5.54 Å². The molecule has 1 fully saturated rings. The van der Waals surface area contributed by atoms with Gasteiger partial charge in [-0.25, -0.2) is 4.48 Å². The van der Waals surface area contributed by atoms with Crippen molar-refractivity contribution in [2.45, 2.75) is 44.4 Å². The summed E-state index contributed by atoms with van der Waals surface area (Å²) in [6.45, 7) is 7.62. The number of thioether (sulfide) groups is 1. The van der Waals surface area contributed by atoms with Crippen LogP contribution in [0.15, 0.2) is 0 Å². The average Bonchev–Trinajstić information content (AvgIpc) is 2.16. The van der Waals surface area contributed by atoms with Crippen molar-refractivity contribution >= 4 is 17.9 Å². The number of carboxylic acid groups (broad SMARTS) is 1. The van der Waals surface area contributed by atoms with Gasteiger partial charge in [-0.2, -0.15) is 16.6 Å². The molecule has 1 rings (SSSR count). The lowest BCUT2D eigenvalue weighted by Gasteiger charge is -2.47. The molecule has 1 amide bonds. The summed E-state index contributed by atoms with van der Waals surface area (Å²) < 4.78 is 0.226. The highest BCUT2D eigenvalue weighted by Gasteiger charge is 2.49. The van der Waals surface area contributed by atoms with Crippen molar-refractivity contribution in [3.63, 3.8) is 0 Å².